The number of aromatic nitrogens is 1. The predicted octanol–water partition coefficient (Wildman–Crippen LogP) is 2.68. The summed E-state index contributed by atoms with van der Waals surface area (Å²) in [6.45, 7) is 5.68. The number of carbonyl (C=O) groups is 1. The van der Waals surface area contributed by atoms with E-state index in [2.05, 4.69) is 29.4 Å². The van der Waals surface area contributed by atoms with Gasteiger partial charge < -0.3 is 10.2 Å². The van der Waals surface area contributed by atoms with Crippen LogP contribution in [0, 0.1) is 13.8 Å². The standard InChI is InChI=1S/C18H23N3O/c1-12-6-7-14-10-16(13(2)20-17(14)9-12)18(22)21-8-4-5-15(21)11-19-3/h6-7,9-10,15,19H,4-5,8,11H2,1-3H3. The highest BCUT2D eigenvalue weighted by Crippen LogP contribution is 2.23. The lowest BCUT2D eigenvalue weighted by Gasteiger charge is -2.25. The Balaban J connectivity index is 1.96. The molecule has 116 valence electrons. The molecule has 1 unspecified atom stereocenters. The minimum absolute atomic E-state index is 0.116. The molecule has 1 amide bonds. The number of benzene rings is 1. The van der Waals surface area contributed by atoms with E-state index in [1.807, 2.05) is 31.0 Å². The Hall–Kier alpha value is -1.94. The normalized spacial score (nSPS) is 18.1. The van der Waals surface area contributed by atoms with Gasteiger partial charge in [0.2, 0.25) is 0 Å². The van der Waals surface area contributed by atoms with Crippen LogP contribution in [-0.2, 0) is 0 Å². The van der Waals surface area contributed by atoms with Crippen molar-refractivity contribution in [3.63, 3.8) is 0 Å². The van der Waals surface area contributed by atoms with E-state index in [-0.39, 0.29) is 5.91 Å². The molecule has 0 aliphatic carbocycles. The lowest BCUT2D eigenvalue weighted by molar-refractivity contribution is 0.0736. The van der Waals surface area contributed by atoms with Crippen LogP contribution in [0.2, 0.25) is 0 Å². The van der Waals surface area contributed by atoms with Crippen LogP contribution in [0.3, 0.4) is 0 Å². The first-order valence-electron chi connectivity index (χ1n) is 7.93. The zero-order valence-corrected chi connectivity index (χ0v) is 13.5. The molecule has 2 aromatic rings. The third-order valence-corrected chi connectivity index (χ3v) is 4.47. The highest BCUT2D eigenvalue weighted by molar-refractivity contribution is 5.99. The second-order valence-electron chi connectivity index (χ2n) is 6.17. The highest BCUT2D eigenvalue weighted by Gasteiger charge is 2.29. The molecule has 1 aliphatic heterocycles. The summed E-state index contributed by atoms with van der Waals surface area (Å²) in [6, 6.07) is 8.46. The molecule has 4 heteroatoms. The lowest BCUT2D eigenvalue weighted by atomic mass is 10.1. The van der Waals surface area contributed by atoms with Crippen molar-refractivity contribution in [1.82, 2.24) is 15.2 Å². The van der Waals surface area contributed by atoms with Crippen LogP contribution in [0.1, 0.15) is 34.5 Å². The number of pyridine rings is 1. The van der Waals surface area contributed by atoms with E-state index in [0.717, 1.165) is 48.1 Å². The maximum Gasteiger partial charge on any atom is 0.256 e. The Morgan fingerprint density at radius 3 is 2.95 bits per heavy atom. The molecule has 1 N–H and O–H groups in total. The van der Waals surface area contributed by atoms with Crippen LogP contribution >= 0.6 is 0 Å². The largest absolute Gasteiger partial charge is 0.334 e. The van der Waals surface area contributed by atoms with Gasteiger partial charge in [-0.15, -0.1) is 0 Å². The van der Waals surface area contributed by atoms with Gasteiger partial charge in [0.25, 0.3) is 5.91 Å². The molecule has 3 rings (SSSR count). The van der Waals surface area contributed by atoms with E-state index in [9.17, 15) is 4.79 Å². The summed E-state index contributed by atoms with van der Waals surface area (Å²) in [5.74, 6) is 0.116. The number of nitrogens with one attached hydrogen (secondary N) is 1. The first-order chi connectivity index (χ1) is 10.6. The van der Waals surface area contributed by atoms with Crippen LogP contribution in [0.5, 0.6) is 0 Å². The van der Waals surface area contributed by atoms with Crippen molar-refractivity contribution in [3.05, 3.63) is 41.1 Å². The summed E-state index contributed by atoms with van der Waals surface area (Å²) < 4.78 is 0. The Kier molecular flexibility index (Phi) is 4.12. The van der Waals surface area contributed by atoms with Gasteiger partial charge in [-0.1, -0.05) is 12.1 Å². The number of rotatable bonds is 3. The second-order valence-corrected chi connectivity index (χ2v) is 6.17. The topological polar surface area (TPSA) is 45.2 Å². The second kappa shape index (κ2) is 6.05. The maximum absolute atomic E-state index is 12.9. The molecule has 0 saturated carbocycles. The molecule has 1 fully saturated rings. The minimum Gasteiger partial charge on any atom is -0.334 e. The number of fused-ring (bicyclic) bond motifs is 1. The number of likely N-dealkylation sites (tertiary alicyclic amines) is 1. The molecule has 1 aliphatic rings. The summed E-state index contributed by atoms with van der Waals surface area (Å²) in [5, 5.41) is 4.22. The van der Waals surface area contributed by atoms with Crippen molar-refractivity contribution >= 4 is 16.8 Å². The Morgan fingerprint density at radius 1 is 1.36 bits per heavy atom. The van der Waals surface area contributed by atoms with Crippen molar-refractivity contribution in [1.29, 1.82) is 0 Å². The Labute approximate surface area is 131 Å². The van der Waals surface area contributed by atoms with Crippen LogP contribution < -0.4 is 5.32 Å². The average Bonchev–Trinajstić information content (AvgIpc) is 2.94. The molecule has 1 aromatic heterocycles. The first-order valence-corrected chi connectivity index (χ1v) is 7.93. The summed E-state index contributed by atoms with van der Waals surface area (Å²) >= 11 is 0. The van der Waals surface area contributed by atoms with Gasteiger partial charge in [0.15, 0.2) is 0 Å². The third kappa shape index (κ3) is 2.71. The first kappa shape index (κ1) is 15.0. The number of nitrogens with zero attached hydrogens (tertiary/aromatic N) is 2. The number of aryl methyl sites for hydroxylation is 2. The Morgan fingerprint density at radius 2 is 2.18 bits per heavy atom. The number of likely N-dealkylation sites (N-methyl/N-ethyl adjacent to an activating group) is 1. The van der Waals surface area contributed by atoms with Gasteiger partial charge in [0.05, 0.1) is 16.8 Å². The zero-order chi connectivity index (χ0) is 15.7. The van der Waals surface area contributed by atoms with E-state index in [0.29, 0.717) is 6.04 Å². The van der Waals surface area contributed by atoms with Crippen LogP contribution in [0.4, 0.5) is 0 Å². The van der Waals surface area contributed by atoms with Gasteiger partial charge in [-0.2, -0.15) is 0 Å². The van der Waals surface area contributed by atoms with E-state index < -0.39 is 0 Å². The van der Waals surface area contributed by atoms with Crippen LogP contribution in [-0.4, -0.2) is 42.0 Å². The van der Waals surface area contributed by atoms with Gasteiger partial charge in [-0.05, 0) is 51.4 Å². The number of hydrogen-bond acceptors (Lipinski definition) is 3. The molecule has 0 spiro atoms. The van der Waals surface area contributed by atoms with Crippen LogP contribution in [0.15, 0.2) is 24.3 Å². The van der Waals surface area contributed by atoms with Crippen molar-refractivity contribution in [2.45, 2.75) is 32.7 Å². The van der Waals surface area contributed by atoms with Crippen molar-refractivity contribution < 1.29 is 4.79 Å². The molecular weight excluding hydrogens is 274 g/mol. The fraction of sp³-hybridized carbons (Fsp3) is 0.444. The van der Waals surface area contributed by atoms with E-state index in [1.165, 1.54) is 5.56 Å². The van der Waals surface area contributed by atoms with Gasteiger partial charge in [0, 0.05) is 24.5 Å². The van der Waals surface area contributed by atoms with Crippen LogP contribution in [0.25, 0.3) is 10.9 Å². The van der Waals surface area contributed by atoms with Gasteiger partial charge in [-0.25, -0.2) is 0 Å². The molecule has 0 radical (unpaired) electrons. The number of carbonyl (C=O) groups excluding carboxylic acids is 1. The van der Waals surface area contributed by atoms with E-state index >= 15 is 0 Å². The van der Waals surface area contributed by atoms with Gasteiger partial charge >= 0.3 is 0 Å². The fourth-order valence-electron chi connectivity index (χ4n) is 3.30. The smallest absolute Gasteiger partial charge is 0.256 e. The summed E-state index contributed by atoms with van der Waals surface area (Å²) in [5.41, 5.74) is 3.70. The van der Waals surface area contributed by atoms with Crippen molar-refractivity contribution in [2.75, 3.05) is 20.1 Å². The maximum atomic E-state index is 12.9. The average molecular weight is 297 g/mol. The number of amides is 1. The molecule has 4 nitrogen and oxygen atoms in total. The Bertz CT molecular complexity index is 711. The minimum atomic E-state index is 0.116. The van der Waals surface area contributed by atoms with Crippen molar-refractivity contribution in [2.24, 2.45) is 0 Å². The van der Waals surface area contributed by atoms with E-state index in [4.69, 9.17) is 0 Å². The SMILES string of the molecule is CNCC1CCCN1C(=O)c1cc2ccc(C)cc2nc1C. The summed E-state index contributed by atoms with van der Waals surface area (Å²) in [4.78, 5) is 19.6. The third-order valence-electron chi connectivity index (χ3n) is 4.47. The monoisotopic (exact) mass is 297 g/mol. The molecule has 1 atom stereocenters. The van der Waals surface area contributed by atoms with E-state index in [1.54, 1.807) is 0 Å². The predicted molar refractivity (Wildman–Crippen MR) is 89.2 cm³/mol. The molecule has 0 bridgehead atoms. The summed E-state index contributed by atoms with van der Waals surface area (Å²) in [7, 11) is 1.94. The van der Waals surface area contributed by atoms with Gasteiger partial charge in [-0.3, -0.25) is 9.78 Å². The molecule has 22 heavy (non-hydrogen) atoms. The molecular formula is C18H23N3O. The quantitative estimate of drug-likeness (QED) is 0.947. The van der Waals surface area contributed by atoms with Gasteiger partial charge in [0.1, 0.15) is 0 Å². The molecule has 1 aromatic carbocycles. The molecule has 1 saturated heterocycles. The number of hydrogen-bond donors (Lipinski definition) is 1. The highest BCUT2D eigenvalue weighted by atomic mass is 16.2. The zero-order valence-electron chi connectivity index (χ0n) is 13.5. The fourth-order valence-corrected chi connectivity index (χ4v) is 3.30. The molecule has 2 heterocycles. The summed E-state index contributed by atoms with van der Waals surface area (Å²) in [6.07, 6.45) is 2.16. The van der Waals surface area contributed by atoms with Crippen molar-refractivity contribution in [3.8, 4) is 0 Å². The lowest BCUT2D eigenvalue weighted by Crippen LogP contribution is -2.41.